The summed E-state index contributed by atoms with van der Waals surface area (Å²) in [6.45, 7) is 2.03. The number of anilines is 1. The molecule has 1 N–H and O–H groups in total. The molecule has 1 amide bonds. The van der Waals surface area contributed by atoms with Crippen LogP contribution in [0.5, 0.6) is 5.75 Å². The lowest BCUT2D eigenvalue weighted by atomic mass is 10.2. The molecule has 6 nitrogen and oxygen atoms in total. The molecular weight excluding hydrogens is 444 g/mol. The summed E-state index contributed by atoms with van der Waals surface area (Å²) in [5, 5.41) is 12.8. The van der Waals surface area contributed by atoms with Crippen molar-refractivity contribution in [2.75, 3.05) is 18.2 Å². The minimum atomic E-state index is -0.169. The quantitative estimate of drug-likeness (QED) is 0.359. The van der Waals surface area contributed by atoms with Crippen LogP contribution in [0.4, 0.5) is 5.69 Å². The number of methoxy groups -OCH3 is 1. The van der Waals surface area contributed by atoms with Crippen molar-refractivity contribution in [1.29, 1.82) is 0 Å². The number of halogens is 1. The Morgan fingerprint density at radius 1 is 1.03 bits per heavy atom. The smallest absolute Gasteiger partial charge is 0.234 e. The normalized spacial score (nSPS) is 10.7. The SMILES string of the molecule is COc1ccccc1NC(=O)CSc1nnc(-c2ccccc2Cl)n1-c1ccc(C)cc1. The number of carbonyl (C=O) groups excluding carboxylic acids is 1. The lowest BCUT2D eigenvalue weighted by Gasteiger charge is -2.12. The van der Waals surface area contributed by atoms with E-state index in [2.05, 4.69) is 15.5 Å². The fourth-order valence-electron chi connectivity index (χ4n) is 3.17. The van der Waals surface area contributed by atoms with Gasteiger partial charge >= 0.3 is 0 Å². The first-order valence-corrected chi connectivity index (χ1v) is 11.3. The van der Waals surface area contributed by atoms with Crippen molar-refractivity contribution in [1.82, 2.24) is 14.8 Å². The summed E-state index contributed by atoms with van der Waals surface area (Å²) in [5.41, 5.74) is 3.43. The van der Waals surface area contributed by atoms with Crippen LogP contribution in [0.3, 0.4) is 0 Å². The van der Waals surface area contributed by atoms with Crippen LogP contribution in [0.25, 0.3) is 17.1 Å². The molecule has 0 spiro atoms. The number of para-hydroxylation sites is 2. The molecule has 0 aliphatic heterocycles. The van der Waals surface area contributed by atoms with Crippen LogP contribution in [0.2, 0.25) is 5.02 Å². The highest BCUT2D eigenvalue weighted by molar-refractivity contribution is 7.99. The molecule has 0 fully saturated rings. The van der Waals surface area contributed by atoms with Gasteiger partial charge in [-0.2, -0.15) is 0 Å². The molecule has 0 saturated carbocycles. The van der Waals surface area contributed by atoms with Crippen LogP contribution in [0, 0.1) is 6.92 Å². The number of benzene rings is 3. The van der Waals surface area contributed by atoms with Gasteiger partial charge in [0, 0.05) is 11.3 Å². The van der Waals surface area contributed by atoms with E-state index in [1.54, 1.807) is 19.2 Å². The van der Waals surface area contributed by atoms with Crippen molar-refractivity contribution >= 4 is 35.0 Å². The van der Waals surface area contributed by atoms with Gasteiger partial charge in [-0.1, -0.05) is 65.3 Å². The number of carbonyl (C=O) groups is 1. The highest BCUT2D eigenvalue weighted by Crippen LogP contribution is 2.32. The monoisotopic (exact) mass is 464 g/mol. The molecule has 0 aliphatic rings. The van der Waals surface area contributed by atoms with Gasteiger partial charge in [-0.15, -0.1) is 10.2 Å². The molecule has 0 radical (unpaired) electrons. The van der Waals surface area contributed by atoms with Crippen LogP contribution in [-0.2, 0) is 4.79 Å². The zero-order chi connectivity index (χ0) is 22.5. The summed E-state index contributed by atoms with van der Waals surface area (Å²) in [6.07, 6.45) is 0. The second-order valence-electron chi connectivity index (χ2n) is 6.99. The number of nitrogens with one attached hydrogen (secondary N) is 1. The van der Waals surface area contributed by atoms with E-state index in [9.17, 15) is 4.79 Å². The van der Waals surface area contributed by atoms with Gasteiger partial charge in [-0.05, 0) is 43.3 Å². The largest absolute Gasteiger partial charge is 0.495 e. The highest BCUT2D eigenvalue weighted by atomic mass is 35.5. The van der Waals surface area contributed by atoms with Crippen LogP contribution in [-0.4, -0.2) is 33.5 Å². The van der Waals surface area contributed by atoms with Crippen molar-refractivity contribution < 1.29 is 9.53 Å². The molecule has 0 bridgehead atoms. The lowest BCUT2D eigenvalue weighted by molar-refractivity contribution is -0.113. The summed E-state index contributed by atoms with van der Waals surface area (Å²) in [5.74, 6) is 1.21. The van der Waals surface area contributed by atoms with Crippen LogP contribution >= 0.6 is 23.4 Å². The standard InChI is InChI=1S/C24H21ClN4O2S/c1-16-11-13-17(14-12-16)29-23(18-7-3-4-8-19(18)25)27-28-24(29)32-15-22(30)26-20-9-5-6-10-21(20)31-2/h3-14H,15H2,1-2H3,(H,26,30). The minimum absolute atomic E-state index is 0.157. The van der Waals surface area contributed by atoms with Gasteiger partial charge in [0.2, 0.25) is 5.91 Å². The van der Waals surface area contributed by atoms with Gasteiger partial charge in [0.15, 0.2) is 11.0 Å². The Labute approximate surface area is 195 Å². The predicted octanol–water partition coefficient (Wildman–Crippen LogP) is 5.64. The van der Waals surface area contributed by atoms with Gasteiger partial charge in [-0.25, -0.2) is 0 Å². The number of ether oxygens (including phenoxy) is 1. The predicted molar refractivity (Wildman–Crippen MR) is 129 cm³/mol. The van der Waals surface area contributed by atoms with Crippen LogP contribution in [0.1, 0.15) is 5.56 Å². The molecule has 0 unspecified atom stereocenters. The lowest BCUT2D eigenvalue weighted by Crippen LogP contribution is -2.15. The number of nitrogens with zero attached hydrogens (tertiary/aromatic N) is 3. The molecule has 4 rings (SSSR count). The average Bonchev–Trinajstić information content (AvgIpc) is 3.22. The first-order chi connectivity index (χ1) is 15.6. The van der Waals surface area contributed by atoms with Gasteiger partial charge < -0.3 is 10.1 Å². The third-order valence-electron chi connectivity index (χ3n) is 4.75. The maximum atomic E-state index is 12.6. The summed E-state index contributed by atoms with van der Waals surface area (Å²) in [7, 11) is 1.57. The second-order valence-corrected chi connectivity index (χ2v) is 8.34. The van der Waals surface area contributed by atoms with Crippen molar-refractivity contribution in [2.24, 2.45) is 0 Å². The number of rotatable bonds is 7. The fourth-order valence-corrected chi connectivity index (χ4v) is 4.14. The molecular formula is C24H21ClN4O2S. The zero-order valence-electron chi connectivity index (χ0n) is 17.6. The van der Waals surface area contributed by atoms with Gasteiger partial charge in [0.1, 0.15) is 5.75 Å². The van der Waals surface area contributed by atoms with E-state index in [0.717, 1.165) is 16.8 Å². The molecule has 0 atom stereocenters. The van der Waals surface area contributed by atoms with Crippen molar-refractivity contribution in [3.8, 4) is 22.8 Å². The molecule has 4 aromatic rings. The van der Waals surface area contributed by atoms with Crippen molar-refractivity contribution in [3.05, 3.63) is 83.4 Å². The number of hydrogen-bond donors (Lipinski definition) is 1. The van der Waals surface area contributed by atoms with Crippen LogP contribution < -0.4 is 10.1 Å². The van der Waals surface area contributed by atoms with Gasteiger partial charge in [0.05, 0.1) is 23.6 Å². The zero-order valence-corrected chi connectivity index (χ0v) is 19.2. The molecule has 162 valence electrons. The molecule has 0 aliphatic carbocycles. The topological polar surface area (TPSA) is 69.0 Å². The van der Waals surface area contributed by atoms with Gasteiger partial charge in [-0.3, -0.25) is 9.36 Å². The third-order valence-corrected chi connectivity index (χ3v) is 6.01. The maximum absolute atomic E-state index is 12.6. The first-order valence-electron chi connectivity index (χ1n) is 9.90. The first kappa shape index (κ1) is 21.9. The molecule has 0 saturated heterocycles. The number of aromatic nitrogens is 3. The van der Waals surface area contributed by atoms with E-state index in [-0.39, 0.29) is 11.7 Å². The molecule has 1 heterocycles. The Kier molecular flexibility index (Phi) is 6.78. The Balaban J connectivity index is 1.62. The van der Waals surface area contributed by atoms with E-state index >= 15 is 0 Å². The molecule has 8 heteroatoms. The Hall–Kier alpha value is -3.29. The van der Waals surface area contributed by atoms with E-state index in [4.69, 9.17) is 16.3 Å². The Morgan fingerprint density at radius 3 is 2.50 bits per heavy atom. The minimum Gasteiger partial charge on any atom is -0.495 e. The van der Waals surface area contributed by atoms with E-state index in [1.807, 2.05) is 72.2 Å². The molecule has 32 heavy (non-hydrogen) atoms. The average molecular weight is 465 g/mol. The van der Waals surface area contributed by atoms with Crippen LogP contribution in [0.15, 0.2) is 78.0 Å². The number of hydrogen-bond acceptors (Lipinski definition) is 5. The number of amides is 1. The fraction of sp³-hybridized carbons (Fsp3) is 0.125. The summed E-state index contributed by atoms with van der Waals surface area (Å²) in [4.78, 5) is 12.6. The summed E-state index contributed by atoms with van der Waals surface area (Å²) < 4.78 is 7.22. The van der Waals surface area contributed by atoms with E-state index < -0.39 is 0 Å². The molecule has 1 aromatic heterocycles. The summed E-state index contributed by atoms with van der Waals surface area (Å²) in [6, 6.07) is 22.8. The molecule has 3 aromatic carbocycles. The number of aryl methyl sites for hydroxylation is 1. The Morgan fingerprint density at radius 2 is 1.75 bits per heavy atom. The van der Waals surface area contributed by atoms with Crippen molar-refractivity contribution in [2.45, 2.75) is 12.1 Å². The number of thioether (sulfide) groups is 1. The Bertz CT molecular complexity index is 1240. The van der Waals surface area contributed by atoms with E-state index in [1.165, 1.54) is 11.8 Å². The second kappa shape index (κ2) is 9.89. The summed E-state index contributed by atoms with van der Waals surface area (Å²) >= 11 is 7.74. The van der Waals surface area contributed by atoms with Crippen molar-refractivity contribution in [3.63, 3.8) is 0 Å². The van der Waals surface area contributed by atoms with E-state index in [0.29, 0.717) is 27.4 Å². The van der Waals surface area contributed by atoms with Gasteiger partial charge in [0.25, 0.3) is 0 Å². The highest BCUT2D eigenvalue weighted by Gasteiger charge is 2.19. The third kappa shape index (κ3) is 4.79. The maximum Gasteiger partial charge on any atom is 0.234 e.